The van der Waals surface area contributed by atoms with E-state index in [9.17, 15) is 4.79 Å². The van der Waals surface area contributed by atoms with Gasteiger partial charge in [-0.15, -0.1) is 10.2 Å². The summed E-state index contributed by atoms with van der Waals surface area (Å²) in [6.45, 7) is 1.99. The Morgan fingerprint density at radius 1 is 1.24 bits per heavy atom. The standard InChI is InChI=1S/C19H19N3O2S/c1-12(15-9-6-13-4-2-3-5-16(13)10-15)20-17(23)11-25-19-22-21-18(24-19)14-7-8-14/h2-6,9-10,12,14H,7-8,11H2,1H3,(H,20,23)/t12-/m1/s1. The average Bonchev–Trinajstić information content (AvgIpc) is 3.38. The number of fused-ring (bicyclic) bond motifs is 1. The van der Waals surface area contributed by atoms with E-state index in [1.165, 1.54) is 22.5 Å². The van der Waals surface area contributed by atoms with Gasteiger partial charge in [-0.25, -0.2) is 0 Å². The van der Waals surface area contributed by atoms with Crippen molar-refractivity contribution >= 4 is 28.4 Å². The van der Waals surface area contributed by atoms with Gasteiger partial charge in [0.25, 0.3) is 5.22 Å². The molecule has 1 atom stereocenters. The molecule has 1 aliphatic rings. The zero-order valence-electron chi connectivity index (χ0n) is 13.9. The predicted octanol–water partition coefficient (Wildman–Crippen LogP) is 4.07. The van der Waals surface area contributed by atoms with Crippen LogP contribution in [0.15, 0.2) is 52.1 Å². The topological polar surface area (TPSA) is 68.0 Å². The fourth-order valence-electron chi connectivity index (χ4n) is 2.74. The number of aromatic nitrogens is 2. The normalized spacial score (nSPS) is 15.2. The van der Waals surface area contributed by atoms with E-state index in [-0.39, 0.29) is 17.7 Å². The number of nitrogens with zero attached hydrogens (tertiary/aromatic N) is 2. The lowest BCUT2D eigenvalue weighted by molar-refractivity contribution is -0.119. The van der Waals surface area contributed by atoms with Crippen LogP contribution in [0.2, 0.25) is 0 Å². The van der Waals surface area contributed by atoms with Gasteiger partial charge in [0.15, 0.2) is 0 Å². The number of nitrogens with one attached hydrogen (secondary N) is 1. The summed E-state index contributed by atoms with van der Waals surface area (Å²) in [7, 11) is 0. The van der Waals surface area contributed by atoms with Gasteiger partial charge in [-0.3, -0.25) is 4.79 Å². The first kappa shape index (κ1) is 16.1. The molecule has 1 aliphatic carbocycles. The SMILES string of the molecule is C[C@@H](NC(=O)CSc1nnc(C2CC2)o1)c1ccc2ccccc2c1. The first-order valence-electron chi connectivity index (χ1n) is 8.43. The Morgan fingerprint density at radius 3 is 2.84 bits per heavy atom. The molecule has 0 saturated heterocycles. The minimum atomic E-state index is -0.0533. The summed E-state index contributed by atoms with van der Waals surface area (Å²) in [4.78, 5) is 12.2. The molecule has 5 nitrogen and oxygen atoms in total. The quantitative estimate of drug-likeness (QED) is 0.677. The van der Waals surface area contributed by atoms with Crippen molar-refractivity contribution < 1.29 is 9.21 Å². The Kier molecular flexibility index (Phi) is 4.44. The molecule has 0 unspecified atom stereocenters. The highest BCUT2D eigenvalue weighted by molar-refractivity contribution is 7.99. The van der Waals surface area contributed by atoms with Crippen LogP contribution in [-0.4, -0.2) is 21.9 Å². The van der Waals surface area contributed by atoms with E-state index in [4.69, 9.17) is 4.42 Å². The molecule has 128 valence electrons. The van der Waals surface area contributed by atoms with Crippen LogP contribution in [0.3, 0.4) is 0 Å². The van der Waals surface area contributed by atoms with E-state index < -0.39 is 0 Å². The first-order valence-corrected chi connectivity index (χ1v) is 9.42. The Morgan fingerprint density at radius 2 is 2.04 bits per heavy atom. The van der Waals surface area contributed by atoms with Gasteiger partial charge in [-0.05, 0) is 42.2 Å². The molecule has 0 aliphatic heterocycles. The summed E-state index contributed by atoms with van der Waals surface area (Å²) in [5.74, 6) is 1.36. The van der Waals surface area contributed by atoms with E-state index in [0.717, 1.165) is 18.4 Å². The van der Waals surface area contributed by atoms with Crippen molar-refractivity contribution in [1.82, 2.24) is 15.5 Å². The Labute approximate surface area is 150 Å². The number of amides is 1. The number of benzene rings is 2. The molecular formula is C19H19N3O2S. The second-order valence-corrected chi connectivity index (χ2v) is 7.29. The molecule has 0 radical (unpaired) electrons. The number of hydrogen-bond donors (Lipinski definition) is 1. The zero-order chi connectivity index (χ0) is 17.2. The van der Waals surface area contributed by atoms with E-state index in [0.29, 0.717) is 17.0 Å². The van der Waals surface area contributed by atoms with Crippen molar-refractivity contribution in [2.45, 2.75) is 36.9 Å². The van der Waals surface area contributed by atoms with Crippen molar-refractivity contribution in [2.24, 2.45) is 0 Å². The summed E-state index contributed by atoms with van der Waals surface area (Å²) in [5, 5.41) is 13.9. The second-order valence-electron chi connectivity index (χ2n) is 6.36. The third kappa shape index (κ3) is 3.85. The van der Waals surface area contributed by atoms with Crippen molar-refractivity contribution in [2.75, 3.05) is 5.75 Å². The van der Waals surface area contributed by atoms with Crippen molar-refractivity contribution in [3.63, 3.8) is 0 Å². The number of rotatable bonds is 6. The Bertz CT molecular complexity index is 904. The first-order chi connectivity index (χ1) is 12.2. The van der Waals surface area contributed by atoms with Gasteiger partial charge in [-0.2, -0.15) is 0 Å². The van der Waals surface area contributed by atoms with Crippen molar-refractivity contribution in [3.8, 4) is 0 Å². The lowest BCUT2D eigenvalue weighted by Gasteiger charge is -2.14. The Hall–Kier alpha value is -2.34. The maximum absolute atomic E-state index is 12.2. The fraction of sp³-hybridized carbons (Fsp3) is 0.316. The minimum Gasteiger partial charge on any atom is -0.416 e. The smallest absolute Gasteiger partial charge is 0.277 e. The molecular weight excluding hydrogens is 334 g/mol. The summed E-state index contributed by atoms with van der Waals surface area (Å²) in [6.07, 6.45) is 2.24. The molecule has 1 N–H and O–H groups in total. The second kappa shape index (κ2) is 6.88. The number of thioether (sulfide) groups is 1. The van der Waals surface area contributed by atoms with Crippen LogP contribution in [-0.2, 0) is 4.79 Å². The highest BCUT2D eigenvalue weighted by Crippen LogP contribution is 2.39. The molecule has 25 heavy (non-hydrogen) atoms. The third-order valence-electron chi connectivity index (χ3n) is 4.33. The number of hydrogen-bond acceptors (Lipinski definition) is 5. The summed E-state index contributed by atoms with van der Waals surface area (Å²) in [5.41, 5.74) is 1.09. The highest BCUT2D eigenvalue weighted by Gasteiger charge is 2.29. The van der Waals surface area contributed by atoms with Crippen LogP contribution >= 0.6 is 11.8 Å². The largest absolute Gasteiger partial charge is 0.416 e. The number of carbonyl (C=O) groups excluding carboxylic acids is 1. The van der Waals surface area contributed by atoms with Gasteiger partial charge in [0.2, 0.25) is 11.8 Å². The molecule has 1 saturated carbocycles. The van der Waals surface area contributed by atoms with Crippen LogP contribution in [0.1, 0.15) is 43.2 Å². The molecule has 0 spiro atoms. The van der Waals surface area contributed by atoms with Crippen LogP contribution in [0.5, 0.6) is 0 Å². The van der Waals surface area contributed by atoms with Crippen LogP contribution in [0.25, 0.3) is 10.8 Å². The van der Waals surface area contributed by atoms with E-state index >= 15 is 0 Å². The maximum Gasteiger partial charge on any atom is 0.277 e. The molecule has 2 aromatic carbocycles. The van der Waals surface area contributed by atoms with Gasteiger partial charge in [-0.1, -0.05) is 48.2 Å². The van der Waals surface area contributed by atoms with Crippen LogP contribution in [0.4, 0.5) is 0 Å². The molecule has 0 bridgehead atoms. The summed E-state index contributed by atoms with van der Waals surface area (Å²) in [6, 6.07) is 14.4. The van der Waals surface area contributed by atoms with Gasteiger partial charge < -0.3 is 9.73 Å². The third-order valence-corrected chi connectivity index (χ3v) is 5.14. The lowest BCUT2D eigenvalue weighted by Crippen LogP contribution is -2.28. The van der Waals surface area contributed by atoms with Gasteiger partial charge in [0.05, 0.1) is 11.8 Å². The highest BCUT2D eigenvalue weighted by atomic mass is 32.2. The molecule has 1 amide bonds. The summed E-state index contributed by atoms with van der Waals surface area (Å²) >= 11 is 1.28. The van der Waals surface area contributed by atoms with Crippen molar-refractivity contribution in [1.29, 1.82) is 0 Å². The van der Waals surface area contributed by atoms with E-state index in [1.807, 2.05) is 19.1 Å². The van der Waals surface area contributed by atoms with Gasteiger partial charge in [0.1, 0.15) is 0 Å². The molecule has 1 fully saturated rings. The zero-order valence-corrected chi connectivity index (χ0v) is 14.8. The summed E-state index contributed by atoms with van der Waals surface area (Å²) < 4.78 is 5.56. The van der Waals surface area contributed by atoms with Crippen LogP contribution < -0.4 is 5.32 Å². The predicted molar refractivity (Wildman–Crippen MR) is 97.5 cm³/mol. The molecule has 1 aromatic heterocycles. The van der Waals surface area contributed by atoms with E-state index in [1.54, 1.807) is 0 Å². The van der Waals surface area contributed by atoms with Crippen LogP contribution in [0, 0.1) is 0 Å². The molecule has 1 heterocycles. The van der Waals surface area contributed by atoms with Gasteiger partial charge in [0, 0.05) is 5.92 Å². The minimum absolute atomic E-state index is 0.0446. The Balaban J connectivity index is 1.33. The maximum atomic E-state index is 12.2. The van der Waals surface area contributed by atoms with Crippen molar-refractivity contribution in [3.05, 3.63) is 53.9 Å². The molecule has 6 heteroatoms. The molecule has 4 rings (SSSR count). The number of carbonyl (C=O) groups is 1. The van der Waals surface area contributed by atoms with E-state index in [2.05, 4.69) is 45.8 Å². The molecule has 3 aromatic rings. The monoisotopic (exact) mass is 353 g/mol. The van der Waals surface area contributed by atoms with Gasteiger partial charge >= 0.3 is 0 Å². The fourth-order valence-corrected chi connectivity index (χ4v) is 3.33. The lowest BCUT2D eigenvalue weighted by atomic mass is 10.0. The average molecular weight is 353 g/mol.